The van der Waals surface area contributed by atoms with Crippen LogP contribution in [0, 0.1) is 0 Å². The van der Waals surface area contributed by atoms with Crippen LogP contribution in [-0.4, -0.2) is 36.4 Å². The van der Waals surface area contributed by atoms with E-state index >= 15 is 0 Å². The molecule has 0 bridgehead atoms. The van der Waals surface area contributed by atoms with Crippen LogP contribution in [0.2, 0.25) is 0 Å². The monoisotopic (exact) mass is 324 g/mol. The Labute approximate surface area is 106 Å². The minimum atomic E-state index is -6.47. The van der Waals surface area contributed by atoms with Crippen molar-refractivity contribution in [2.75, 3.05) is 6.86 Å². The number of rotatable bonds is 6. The van der Waals surface area contributed by atoms with Crippen molar-refractivity contribution in [3.05, 3.63) is 0 Å². The molecule has 0 saturated heterocycles. The van der Waals surface area contributed by atoms with E-state index in [1.54, 1.807) is 0 Å². The summed E-state index contributed by atoms with van der Waals surface area (Å²) in [5, 5.41) is 0. The molecule has 0 saturated carbocycles. The van der Waals surface area contributed by atoms with Gasteiger partial charge in [-0.1, -0.05) is 0 Å². The van der Waals surface area contributed by atoms with Crippen molar-refractivity contribution in [2.24, 2.45) is 0 Å². The normalized spacial score (nSPS) is 20.4. The first-order valence-corrected chi connectivity index (χ1v) is 4.92. The van der Waals surface area contributed by atoms with Crippen LogP contribution in [0.1, 0.15) is 20.3 Å². The third-order valence-electron chi connectivity index (χ3n) is 2.64. The van der Waals surface area contributed by atoms with Crippen molar-refractivity contribution in [3.63, 3.8) is 0 Å². The number of alkyl halides is 10. The summed E-state index contributed by atoms with van der Waals surface area (Å²) in [5.74, 6) is -4.55. The van der Waals surface area contributed by atoms with Gasteiger partial charge >= 0.3 is 12.3 Å². The maximum Gasteiger partial charge on any atom is 0.431 e. The molecule has 0 aliphatic carbocycles. The zero-order valence-corrected chi connectivity index (χ0v) is 10.1. The summed E-state index contributed by atoms with van der Waals surface area (Å²) in [6.45, 7) is -2.92. The van der Waals surface area contributed by atoms with E-state index in [1.807, 2.05) is 0 Å². The van der Waals surface area contributed by atoms with E-state index in [9.17, 15) is 43.9 Å². The van der Waals surface area contributed by atoms with Gasteiger partial charge in [-0.3, -0.25) is 4.74 Å². The second kappa shape index (κ2) is 5.23. The van der Waals surface area contributed by atoms with E-state index in [4.69, 9.17) is 0 Å². The standard InChI is InChI=1S/C9H10F10O/c1-5(11,6(2,12)13)3-7(14,8(15,16)17)9(18,19)20-4-10/h3-4H2,1-2H3. The summed E-state index contributed by atoms with van der Waals surface area (Å²) in [6.07, 6.45) is -15.3. The second-order valence-electron chi connectivity index (χ2n) is 4.33. The molecule has 0 spiro atoms. The van der Waals surface area contributed by atoms with E-state index < -0.39 is 42.8 Å². The maximum absolute atomic E-state index is 13.5. The third kappa shape index (κ3) is 3.47. The second-order valence-corrected chi connectivity index (χ2v) is 4.33. The molecule has 0 aromatic heterocycles. The van der Waals surface area contributed by atoms with Gasteiger partial charge in [0.15, 0.2) is 12.5 Å². The fourth-order valence-corrected chi connectivity index (χ4v) is 1.16. The van der Waals surface area contributed by atoms with Gasteiger partial charge in [0.1, 0.15) is 0 Å². The first-order valence-electron chi connectivity index (χ1n) is 4.92. The van der Waals surface area contributed by atoms with Crippen LogP contribution in [-0.2, 0) is 4.74 Å². The largest absolute Gasteiger partial charge is 0.431 e. The summed E-state index contributed by atoms with van der Waals surface area (Å²) in [6, 6.07) is 0. The van der Waals surface area contributed by atoms with Gasteiger partial charge in [-0.25, -0.2) is 22.0 Å². The molecule has 0 aliphatic heterocycles. The lowest BCUT2D eigenvalue weighted by Crippen LogP contribution is -2.61. The molecule has 0 heterocycles. The molecule has 0 rings (SSSR count). The molecule has 20 heavy (non-hydrogen) atoms. The molecule has 0 aliphatic rings. The lowest BCUT2D eigenvalue weighted by Gasteiger charge is -2.38. The Bertz CT molecular complexity index is 331. The van der Waals surface area contributed by atoms with Crippen molar-refractivity contribution >= 4 is 0 Å². The van der Waals surface area contributed by atoms with E-state index in [1.165, 1.54) is 0 Å². The fraction of sp³-hybridized carbons (Fsp3) is 1.00. The van der Waals surface area contributed by atoms with Crippen LogP contribution >= 0.6 is 0 Å². The number of ether oxygens (including phenoxy) is 1. The van der Waals surface area contributed by atoms with Gasteiger partial charge in [-0.15, -0.1) is 0 Å². The Morgan fingerprint density at radius 2 is 1.20 bits per heavy atom. The first kappa shape index (κ1) is 19.3. The summed E-state index contributed by atoms with van der Waals surface area (Å²) in [7, 11) is 0. The SMILES string of the molecule is CC(F)(F)C(C)(F)CC(F)(C(F)(F)F)C(F)(F)OCF. The Kier molecular flexibility index (Phi) is 5.03. The van der Waals surface area contributed by atoms with Crippen molar-refractivity contribution < 1.29 is 48.6 Å². The van der Waals surface area contributed by atoms with Gasteiger partial charge in [0.2, 0.25) is 0 Å². The Morgan fingerprint density at radius 1 is 0.800 bits per heavy atom. The Morgan fingerprint density at radius 3 is 1.45 bits per heavy atom. The van der Waals surface area contributed by atoms with Gasteiger partial charge in [0.05, 0.1) is 0 Å². The first-order chi connectivity index (χ1) is 8.52. The maximum atomic E-state index is 13.5. The summed E-state index contributed by atoms with van der Waals surface area (Å²) < 4.78 is 130. The van der Waals surface area contributed by atoms with Crippen LogP contribution < -0.4 is 0 Å². The van der Waals surface area contributed by atoms with E-state index in [0.717, 1.165) is 0 Å². The van der Waals surface area contributed by atoms with E-state index in [0.29, 0.717) is 0 Å². The van der Waals surface area contributed by atoms with E-state index in [-0.39, 0.29) is 13.8 Å². The molecule has 0 amide bonds. The molecule has 122 valence electrons. The van der Waals surface area contributed by atoms with Gasteiger partial charge < -0.3 is 0 Å². The quantitative estimate of drug-likeness (QED) is 0.651. The lowest BCUT2D eigenvalue weighted by atomic mass is 9.85. The Balaban J connectivity index is 5.74. The number of halogens is 10. The number of hydrogen-bond acceptors (Lipinski definition) is 1. The molecular weight excluding hydrogens is 314 g/mol. The average Bonchev–Trinajstić information content (AvgIpc) is 2.12. The predicted octanol–water partition coefficient (Wildman–Crippen LogP) is 4.57. The molecule has 0 N–H and O–H groups in total. The van der Waals surface area contributed by atoms with Crippen molar-refractivity contribution in [1.29, 1.82) is 0 Å². The fourth-order valence-electron chi connectivity index (χ4n) is 1.16. The Hall–Kier alpha value is -0.740. The molecule has 11 heteroatoms. The van der Waals surface area contributed by atoms with Crippen molar-refractivity contribution in [3.8, 4) is 0 Å². The zero-order chi connectivity index (χ0) is 16.6. The van der Waals surface area contributed by atoms with Crippen LogP contribution in [0.25, 0.3) is 0 Å². The molecule has 0 aromatic carbocycles. The minimum absolute atomic E-state index is 0.182. The van der Waals surface area contributed by atoms with Crippen molar-refractivity contribution in [2.45, 2.75) is 49.8 Å². The van der Waals surface area contributed by atoms with E-state index in [2.05, 4.69) is 4.74 Å². The van der Waals surface area contributed by atoms with Crippen LogP contribution in [0.5, 0.6) is 0 Å². The van der Waals surface area contributed by atoms with Crippen LogP contribution in [0.4, 0.5) is 43.9 Å². The predicted molar refractivity (Wildman–Crippen MR) is 46.7 cm³/mol. The van der Waals surface area contributed by atoms with Crippen molar-refractivity contribution in [1.82, 2.24) is 0 Å². The highest BCUT2D eigenvalue weighted by Crippen LogP contribution is 2.53. The van der Waals surface area contributed by atoms with Gasteiger partial charge in [-0.05, 0) is 6.92 Å². The van der Waals surface area contributed by atoms with Crippen LogP contribution in [0.15, 0.2) is 0 Å². The summed E-state index contributed by atoms with van der Waals surface area (Å²) >= 11 is 0. The molecule has 2 unspecified atom stereocenters. The topological polar surface area (TPSA) is 9.23 Å². The smallest absolute Gasteiger partial charge is 0.286 e. The molecule has 0 fully saturated rings. The summed E-state index contributed by atoms with van der Waals surface area (Å²) in [5.41, 5.74) is -10.1. The zero-order valence-electron chi connectivity index (χ0n) is 10.1. The van der Waals surface area contributed by atoms with Gasteiger partial charge in [0, 0.05) is 13.3 Å². The molecule has 0 aromatic rings. The molecule has 0 radical (unpaired) electrons. The third-order valence-corrected chi connectivity index (χ3v) is 2.64. The summed E-state index contributed by atoms with van der Waals surface area (Å²) in [4.78, 5) is 0. The molecule has 1 nitrogen and oxygen atoms in total. The van der Waals surface area contributed by atoms with Gasteiger partial charge in [0.25, 0.3) is 11.6 Å². The molecule has 2 atom stereocenters. The highest BCUT2D eigenvalue weighted by Gasteiger charge is 2.75. The highest BCUT2D eigenvalue weighted by molar-refractivity contribution is 5.03. The molecular formula is C9H10F10O. The minimum Gasteiger partial charge on any atom is -0.286 e. The lowest BCUT2D eigenvalue weighted by molar-refractivity contribution is -0.397. The van der Waals surface area contributed by atoms with Crippen LogP contribution in [0.3, 0.4) is 0 Å². The average molecular weight is 324 g/mol. The van der Waals surface area contributed by atoms with Gasteiger partial charge in [-0.2, -0.15) is 22.0 Å². The number of hydrogen-bond donors (Lipinski definition) is 0. The highest BCUT2D eigenvalue weighted by atomic mass is 19.4.